The van der Waals surface area contributed by atoms with Gasteiger partial charge in [0.1, 0.15) is 0 Å². The Morgan fingerprint density at radius 1 is 1.17 bits per heavy atom. The molecule has 0 bridgehead atoms. The molecule has 0 aromatic heterocycles. The van der Waals surface area contributed by atoms with Crippen LogP contribution in [0.1, 0.15) is 20.3 Å². The quantitative estimate of drug-likeness (QED) is 0.794. The summed E-state index contributed by atoms with van der Waals surface area (Å²) in [5, 5.41) is 0. The minimum absolute atomic E-state index is 0.0799. The van der Waals surface area contributed by atoms with Crippen molar-refractivity contribution >= 4 is 15.5 Å². The molecule has 0 unspecified atom stereocenters. The van der Waals surface area contributed by atoms with E-state index < -0.39 is 16.3 Å². The number of rotatable bonds is 6. The summed E-state index contributed by atoms with van der Waals surface area (Å²) in [5.74, 6) is 0.0799. The molecule has 4 nitrogen and oxygen atoms in total. The van der Waals surface area contributed by atoms with Crippen molar-refractivity contribution in [1.82, 2.24) is 4.90 Å². The molecule has 23 heavy (non-hydrogen) atoms. The van der Waals surface area contributed by atoms with Crippen LogP contribution in [0.4, 0.5) is 14.5 Å². The molecule has 0 saturated carbocycles. The molecule has 0 aliphatic carbocycles. The minimum atomic E-state index is -3.19. The van der Waals surface area contributed by atoms with Crippen molar-refractivity contribution in [3.63, 3.8) is 0 Å². The standard InChI is InChI=1S/C16H24F2N2O2S/c1-3-13-11-19(9-10-20(13)12-16(17)18)14-5-7-15(8-6-14)23(21,22)4-2/h5-8,13,16H,3-4,9-12H2,1-2H3/t13-/m1/s1. The summed E-state index contributed by atoms with van der Waals surface area (Å²) in [4.78, 5) is 4.31. The first kappa shape index (κ1) is 18.1. The first-order valence-corrected chi connectivity index (χ1v) is 9.62. The summed E-state index contributed by atoms with van der Waals surface area (Å²) in [6.45, 7) is 5.39. The zero-order chi connectivity index (χ0) is 17.0. The number of alkyl halides is 2. The largest absolute Gasteiger partial charge is 0.369 e. The third kappa shape index (κ3) is 4.41. The van der Waals surface area contributed by atoms with Gasteiger partial charge in [0.25, 0.3) is 6.43 Å². The monoisotopic (exact) mass is 346 g/mol. The van der Waals surface area contributed by atoms with Crippen LogP contribution in [-0.2, 0) is 9.84 Å². The molecule has 1 aliphatic rings. The molecule has 1 heterocycles. The second-order valence-electron chi connectivity index (χ2n) is 5.79. The number of hydrogen-bond donors (Lipinski definition) is 0. The number of sulfone groups is 1. The van der Waals surface area contributed by atoms with E-state index in [9.17, 15) is 17.2 Å². The summed E-state index contributed by atoms with van der Waals surface area (Å²) in [7, 11) is -3.19. The van der Waals surface area contributed by atoms with Crippen molar-refractivity contribution in [2.75, 3.05) is 36.8 Å². The minimum Gasteiger partial charge on any atom is -0.369 e. The fourth-order valence-electron chi connectivity index (χ4n) is 2.96. The SMILES string of the molecule is CC[C@@H]1CN(c2ccc(S(=O)(=O)CC)cc2)CCN1CC(F)F. The highest BCUT2D eigenvalue weighted by atomic mass is 32.2. The van der Waals surface area contributed by atoms with Gasteiger partial charge in [-0.05, 0) is 30.7 Å². The molecule has 1 atom stereocenters. The Bertz CT molecular complexity index is 605. The molecule has 0 radical (unpaired) electrons. The highest BCUT2D eigenvalue weighted by Crippen LogP contribution is 2.23. The molecule has 0 N–H and O–H groups in total. The average molecular weight is 346 g/mol. The van der Waals surface area contributed by atoms with Gasteiger partial charge in [0.2, 0.25) is 0 Å². The first-order chi connectivity index (χ1) is 10.9. The molecular formula is C16H24F2N2O2S. The summed E-state index contributed by atoms with van der Waals surface area (Å²) >= 11 is 0. The van der Waals surface area contributed by atoms with Crippen LogP contribution in [0.5, 0.6) is 0 Å². The molecular weight excluding hydrogens is 322 g/mol. The smallest absolute Gasteiger partial charge is 0.251 e. The number of anilines is 1. The van der Waals surface area contributed by atoms with Crippen molar-refractivity contribution in [3.8, 4) is 0 Å². The average Bonchev–Trinajstić information content (AvgIpc) is 2.55. The maximum Gasteiger partial charge on any atom is 0.251 e. The van der Waals surface area contributed by atoms with Crippen LogP contribution in [0.25, 0.3) is 0 Å². The Morgan fingerprint density at radius 2 is 1.83 bits per heavy atom. The van der Waals surface area contributed by atoms with Gasteiger partial charge in [-0.25, -0.2) is 17.2 Å². The third-order valence-corrected chi connectivity index (χ3v) is 6.14. The Hall–Kier alpha value is -1.21. The fourth-order valence-corrected chi connectivity index (χ4v) is 3.85. The Kier molecular flexibility index (Phi) is 5.97. The fraction of sp³-hybridized carbons (Fsp3) is 0.625. The van der Waals surface area contributed by atoms with E-state index in [0.717, 1.165) is 12.1 Å². The summed E-state index contributed by atoms with van der Waals surface area (Å²) in [5.41, 5.74) is 0.940. The maximum absolute atomic E-state index is 12.6. The first-order valence-electron chi connectivity index (χ1n) is 7.97. The van der Waals surface area contributed by atoms with E-state index in [4.69, 9.17) is 0 Å². The lowest BCUT2D eigenvalue weighted by molar-refractivity contribution is 0.0588. The predicted molar refractivity (Wildman–Crippen MR) is 88.0 cm³/mol. The second kappa shape index (κ2) is 7.57. The molecule has 0 spiro atoms. The Morgan fingerprint density at radius 3 is 2.35 bits per heavy atom. The van der Waals surface area contributed by atoms with Gasteiger partial charge in [0.05, 0.1) is 17.2 Å². The molecule has 1 fully saturated rings. The molecule has 7 heteroatoms. The van der Waals surface area contributed by atoms with Gasteiger partial charge in [-0.1, -0.05) is 13.8 Å². The highest BCUT2D eigenvalue weighted by Gasteiger charge is 2.27. The molecule has 1 saturated heterocycles. The van der Waals surface area contributed by atoms with Gasteiger partial charge in [-0.3, -0.25) is 4.90 Å². The van der Waals surface area contributed by atoms with E-state index in [1.165, 1.54) is 0 Å². The van der Waals surface area contributed by atoms with Gasteiger partial charge in [0, 0.05) is 31.4 Å². The lowest BCUT2D eigenvalue weighted by Gasteiger charge is -2.42. The topological polar surface area (TPSA) is 40.6 Å². The number of hydrogen-bond acceptors (Lipinski definition) is 4. The van der Waals surface area contributed by atoms with E-state index in [1.807, 2.05) is 11.8 Å². The summed E-state index contributed by atoms with van der Waals surface area (Å²) in [6.07, 6.45) is -1.50. The van der Waals surface area contributed by atoms with Crippen LogP contribution in [-0.4, -0.2) is 57.7 Å². The molecule has 2 rings (SSSR count). The van der Waals surface area contributed by atoms with Crippen molar-refractivity contribution in [3.05, 3.63) is 24.3 Å². The predicted octanol–water partition coefficient (Wildman–Crippen LogP) is 2.65. The van der Waals surface area contributed by atoms with Crippen LogP contribution in [0.15, 0.2) is 29.2 Å². The van der Waals surface area contributed by atoms with Gasteiger partial charge >= 0.3 is 0 Å². The summed E-state index contributed by atoms with van der Waals surface area (Å²) < 4.78 is 48.9. The third-order valence-electron chi connectivity index (χ3n) is 4.39. The molecule has 1 aromatic carbocycles. The van der Waals surface area contributed by atoms with Crippen LogP contribution < -0.4 is 4.90 Å². The van der Waals surface area contributed by atoms with E-state index in [1.54, 1.807) is 31.2 Å². The van der Waals surface area contributed by atoms with Gasteiger partial charge < -0.3 is 4.90 Å². The lowest BCUT2D eigenvalue weighted by atomic mass is 10.1. The van der Waals surface area contributed by atoms with E-state index in [-0.39, 0.29) is 18.3 Å². The normalized spacial score (nSPS) is 20.2. The van der Waals surface area contributed by atoms with Crippen molar-refractivity contribution in [2.24, 2.45) is 0 Å². The molecule has 130 valence electrons. The lowest BCUT2D eigenvalue weighted by Crippen LogP contribution is -2.54. The second-order valence-corrected chi connectivity index (χ2v) is 8.07. The van der Waals surface area contributed by atoms with Crippen LogP contribution in [0.3, 0.4) is 0 Å². The number of piperazine rings is 1. The number of benzene rings is 1. The Labute approximate surface area is 137 Å². The Balaban J connectivity index is 2.09. The van der Waals surface area contributed by atoms with Crippen LogP contribution >= 0.6 is 0 Å². The van der Waals surface area contributed by atoms with Crippen LogP contribution in [0, 0.1) is 0 Å². The zero-order valence-corrected chi connectivity index (χ0v) is 14.4. The van der Waals surface area contributed by atoms with Crippen molar-refractivity contribution in [2.45, 2.75) is 37.6 Å². The zero-order valence-electron chi connectivity index (χ0n) is 13.6. The van der Waals surface area contributed by atoms with Gasteiger partial charge in [0.15, 0.2) is 9.84 Å². The number of halogens is 2. The number of nitrogens with zero attached hydrogens (tertiary/aromatic N) is 2. The van der Waals surface area contributed by atoms with Gasteiger partial charge in [-0.2, -0.15) is 0 Å². The van der Waals surface area contributed by atoms with E-state index >= 15 is 0 Å². The highest BCUT2D eigenvalue weighted by molar-refractivity contribution is 7.91. The van der Waals surface area contributed by atoms with Gasteiger partial charge in [-0.15, -0.1) is 0 Å². The molecule has 0 amide bonds. The molecule has 1 aromatic rings. The summed E-state index contributed by atoms with van der Waals surface area (Å²) in [6, 6.07) is 6.95. The van der Waals surface area contributed by atoms with Crippen molar-refractivity contribution in [1.29, 1.82) is 0 Å². The molecule has 1 aliphatic heterocycles. The van der Waals surface area contributed by atoms with E-state index in [2.05, 4.69) is 4.90 Å². The van der Waals surface area contributed by atoms with E-state index in [0.29, 0.717) is 24.5 Å². The maximum atomic E-state index is 12.6. The van der Waals surface area contributed by atoms with Crippen molar-refractivity contribution < 1.29 is 17.2 Å². The van der Waals surface area contributed by atoms with Crippen LogP contribution in [0.2, 0.25) is 0 Å².